The smallest absolute Gasteiger partial charge is 0.251 e. The van der Waals surface area contributed by atoms with Crippen LogP contribution in [0.4, 0.5) is 11.4 Å². The molecule has 0 saturated heterocycles. The van der Waals surface area contributed by atoms with Crippen LogP contribution in [0.5, 0.6) is 0 Å². The zero-order chi connectivity index (χ0) is 13.7. The summed E-state index contributed by atoms with van der Waals surface area (Å²) in [5.41, 5.74) is 7.87. The number of anilines is 2. The van der Waals surface area contributed by atoms with E-state index in [9.17, 15) is 4.79 Å². The lowest BCUT2D eigenvalue weighted by molar-refractivity contribution is 0.0956. The van der Waals surface area contributed by atoms with Crippen LogP contribution in [0.25, 0.3) is 0 Å². The third kappa shape index (κ3) is 3.45. The fraction of sp³-hybridized carbons (Fsp3) is 0.231. The van der Waals surface area contributed by atoms with Gasteiger partial charge >= 0.3 is 0 Å². The van der Waals surface area contributed by atoms with Crippen LogP contribution >= 0.6 is 11.3 Å². The summed E-state index contributed by atoms with van der Waals surface area (Å²) < 4.78 is 0. The molecule has 2 aromatic rings. The summed E-state index contributed by atoms with van der Waals surface area (Å²) in [6.45, 7) is 3.11. The lowest BCUT2D eigenvalue weighted by atomic mass is 10.1. The molecule has 6 heteroatoms. The molecule has 0 saturated carbocycles. The fourth-order valence-electron chi connectivity index (χ4n) is 1.64. The van der Waals surface area contributed by atoms with Gasteiger partial charge in [-0.25, -0.2) is 4.98 Å². The van der Waals surface area contributed by atoms with Gasteiger partial charge in [-0.05, 0) is 25.1 Å². The highest BCUT2D eigenvalue weighted by molar-refractivity contribution is 7.09. The Morgan fingerprint density at radius 2 is 2.32 bits per heavy atom. The van der Waals surface area contributed by atoms with Crippen molar-refractivity contribution in [2.24, 2.45) is 0 Å². The summed E-state index contributed by atoms with van der Waals surface area (Å²) in [6.07, 6.45) is 1.77. The number of nitrogens with one attached hydrogen (secondary N) is 2. The number of rotatable bonds is 5. The van der Waals surface area contributed by atoms with Gasteiger partial charge in [-0.3, -0.25) is 4.79 Å². The molecular formula is C13H16N4OS. The van der Waals surface area contributed by atoms with Crippen molar-refractivity contribution in [3.8, 4) is 0 Å². The maximum absolute atomic E-state index is 11.7. The maximum Gasteiger partial charge on any atom is 0.251 e. The second-order valence-corrected chi connectivity index (χ2v) is 4.92. The van der Waals surface area contributed by atoms with Crippen LogP contribution in [0.2, 0.25) is 0 Å². The Kier molecular flexibility index (Phi) is 4.35. The van der Waals surface area contributed by atoms with Gasteiger partial charge in [0.25, 0.3) is 5.91 Å². The standard InChI is InChI=1S/C13H16N4OS/c1-2-15-13(18)9-3-4-11(10(14)7-9)17-8-12-16-5-6-19-12/h3-7,17H,2,8,14H2,1H3,(H,15,18). The van der Waals surface area contributed by atoms with E-state index < -0.39 is 0 Å². The molecule has 0 aliphatic carbocycles. The molecule has 0 atom stereocenters. The summed E-state index contributed by atoms with van der Waals surface area (Å²) in [5, 5.41) is 8.87. The second kappa shape index (κ2) is 6.19. The number of nitrogen functional groups attached to an aromatic ring is 1. The molecule has 1 heterocycles. The lowest BCUT2D eigenvalue weighted by Gasteiger charge is -2.09. The second-order valence-electron chi connectivity index (χ2n) is 3.94. The number of hydrogen-bond donors (Lipinski definition) is 3. The molecule has 2 rings (SSSR count). The van der Waals surface area contributed by atoms with Crippen molar-refractivity contribution in [1.82, 2.24) is 10.3 Å². The predicted octanol–water partition coefficient (Wildman–Crippen LogP) is 2.09. The SMILES string of the molecule is CCNC(=O)c1ccc(NCc2nccs2)c(N)c1. The minimum absolute atomic E-state index is 0.110. The lowest BCUT2D eigenvalue weighted by Crippen LogP contribution is -2.22. The highest BCUT2D eigenvalue weighted by Crippen LogP contribution is 2.21. The summed E-state index contributed by atoms with van der Waals surface area (Å²) in [5.74, 6) is -0.110. The molecule has 0 spiro atoms. The molecule has 0 unspecified atom stereocenters. The van der Waals surface area contributed by atoms with Gasteiger partial charge in [-0.2, -0.15) is 0 Å². The molecular weight excluding hydrogens is 260 g/mol. The van der Waals surface area contributed by atoms with Crippen LogP contribution in [0.1, 0.15) is 22.3 Å². The van der Waals surface area contributed by atoms with Crippen molar-refractivity contribution >= 4 is 28.6 Å². The van der Waals surface area contributed by atoms with Gasteiger partial charge in [0.1, 0.15) is 5.01 Å². The van der Waals surface area contributed by atoms with Gasteiger partial charge in [0.05, 0.1) is 17.9 Å². The van der Waals surface area contributed by atoms with Crippen molar-refractivity contribution in [2.45, 2.75) is 13.5 Å². The van der Waals surface area contributed by atoms with Gasteiger partial charge in [0, 0.05) is 23.7 Å². The Hall–Kier alpha value is -2.08. The average molecular weight is 276 g/mol. The summed E-state index contributed by atoms with van der Waals surface area (Å²) >= 11 is 1.58. The normalized spacial score (nSPS) is 10.2. The number of benzene rings is 1. The van der Waals surface area contributed by atoms with Crippen molar-refractivity contribution in [1.29, 1.82) is 0 Å². The molecule has 0 radical (unpaired) electrons. The molecule has 1 amide bonds. The van der Waals surface area contributed by atoms with Gasteiger partial charge in [-0.15, -0.1) is 11.3 Å². The van der Waals surface area contributed by atoms with Crippen molar-refractivity contribution in [3.05, 3.63) is 40.3 Å². The molecule has 100 valence electrons. The number of carbonyl (C=O) groups is 1. The number of carbonyl (C=O) groups excluding carboxylic acids is 1. The minimum atomic E-state index is -0.110. The number of thiazole rings is 1. The molecule has 0 aliphatic heterocycles. The Labute approximate surface area is 115 Å². The number of amides is 1. The van der Waals surface area contributed by atoms with Crippen LogP contribution in [0.3, 0.4) is 0 Å². The molecule has 1 aromatic heterocycles. The van der Waals surface area contributed by atoms with Gasteiger partial charge in [-0.1, -0.05) is 0 Å². The Morgan fingerprint density at radius 1 is 1.47 bits per heavy atom. The molecule has 4 N–H and O–H groups in total. The van der Waals surface area contributed by atoms with E-state index in [2.05, 4.69) is 15.6 Å². The van der Waals surface area contributed by atoms with Crippen molar-refractivity contribution < 1.29 is 4.79 Å². The third-order valence-electron chi connectivity index (χ3n) is 2.56. The monoisotopic (exact) mass is 276 g/mol. The van der Waals surface area contributed by atoms with Gasteiger partial charge in [0.2, 0.25) is 0 Å². The highest BCUT2D eigenvalue weighted by atomic mass is 32.1. The number of nitrogens with two attached hydrogens (primary N) is 1. The van der Waals surface area contributed by atoms with E-state index in [4.69, 9.17) is 5.73 Å². The Bertz CT molecular complexity index is 554. The molecule has 1 aromatic carbocycles. The van der Waals surface area contributed by atoms with Crippen LogP contribution in [-0.2, 0) is 6.54 Å². The van der Waals surface area contributed by atoms with Gasteiger partial charge < -0.3 is 16.4 Å². The molecule has 5 nitrogen and oxygen atoms in total. The molecule has 19 heavy (non-hydrogen) atoms. The van der Waals surface area contributed by atoms with E-state index in [1.807, 2.05) is 18.4 Å². The van der Waals surface area contributed by atoms with Crippen LogP contribution in [0, 0.1) is 0 Å². The first-order chi connectivity index (χ1) is 9.20. The minimum Gasteiger partial charge on any atom is -0.397 e. The van der Waals surface area contributed by atoms with Crippen LogP contribution < -0.4 is 16.4 Å². The first kappa shape index (κ1) is 13.4. The van der Waals surface area contributed by atoms with Crippen molar-refractivity contribution in [2.75, 3.05) is 17.6 Å². The largest absolute Gasteiger partial charge is 0.397 e. The summed E-state index contributed by atoms with van der Waals surface area (Å²) in [4.78, 5) is 15.8. The van der Waals surface area contributed by atoms with E-state index in [-0.39, 0.29) is 5.91 Å². The Balaban J connectivity index is 2.04. The third-order valence-corrected chi connectivity index (χ3v) is 3.34. The van der Waals surface area contributed by atoms with E-state index >= 15 is 0 Å². The first-order valence-electron chi connectivity index (χ1n) is 6.00. The van der Waals surface area contributed by atoms with E-state index in [1.165, 1.54) is 0 Å². The summed E-state index contributed by atoms with van der Waals surface area (Å²) in [7, 11) is 0. The number of aromatic nitrogens is 1. The van der Waals surface area contributed by atoms with Crippen LogP contribution in [0.15, 0.2) is 29.8 Å². The van der Waals surface area contributed by atoms with E-state index in [0.29, 0.717) is 24.3 Å². The zero-order valence-corrected chi connectivity index (χ0v) is 11.5. The predicted molar refractivity (Wildman–Crippen MR) is 78.3 cm³/mol. The fourth-order valence-corrected chi connectivity index (χ4v) is 2.19. The molecule has 0 bridgehead atoms. The number of hydrogen-bond acceptors (Lipinski definition) is 5. The average Bonchev–Trinajstić information content (AvgIpc) is 2.90. The maximum atomic E-state index is 11.7. The molecule has 0 fully saturated rings. The van der Waals surface area contributed by atoms with E-state index in [1.54, 1.807) is 29.7 Å². The van der Waals surface area contributed by atoms with Gasteiger partial charge in [0.15, 0.2) is 0 Å². The first-order valence-corrected chi connectivity index (χ1v) is 6.88. The highest BCUT2D eigenvalue weighted by Gasteiger charge is 2.07. The number of nitrogens with zero attached hydrogens (tertiary/aromatic N) is 1. The zero-order valence-electron chi connectivity index (χ0n) is 10.6. The molecule has 0 aliphatic rings. The van der Waals surface area contributed by atoms with Crippen LogP contribution in [-0.4, -0.2) is 17.4 Å². The quantitative estimate of drug-likeness (QED) is 0.730. The van der Waals surface area contributed by atoms with Crippen molar-refractivity contribution in [3.63, 3.8) is 0 Å². The topological polar surface area (TPSA) is 80.0 Å². The summed E-state index contributed by atoms with van der Waals surface area (Å²) in [6, 6.07) is 5.24. The van der Waals surface area contributed by atoms with E-state index in [0.717, 1.165) is 10.7 Å². The Morgan fingerprint density at radius 3 is 2.95 bits per heavy atom.